The van der Waals surface area contributed by atoms with Crippen LogP contribution in [0.2, 0.25) is 5.02 Å². The van der Waals surface area contributed by atoms with Crippen molar-refractivity contribution in [1.29, 1.82) is 0 Å². The summed E-state index contributed by atoms with van der Waals surface area (Å²) in [6, 6.07) is 9.36. The summed E-state index contributed by atoms with van der Waals surface area (Å²) in [5.41, 5.74) is 1.29. The molecule has 2 aromatic rings. The molecule has 0 aromatic heterocycles. The first-order chi connectivity index (χ1) is 11.4. The number of halogens is 1. The number of hydrogen-bond acceptors (Lipinski definition) is 6. The summed E-state index contributed by atoms with van der Waals surface area (Å²) >= 11 is 5.91. The van der Waals surface area contributed by atoms with Crippen molar-refractivity contribution in [2.24, 2.45) is 5.10 Å². The van der Waals surface area contributed by atoms with E-state index in [1.807, 2.05) is 0 Å². The molecular formula is C14H9ClN4O5. The van der Waals surface area contributed by atoms with Crippen LogP contribution >= 0.6 is 11.6 Å². The molecule has 0 aliphatic rings. The molecule has 2 rings (SSSR count). The fraction of sp³-hybridized carbons (Fsp3) is 0. The highest BCUT2D eigenvalue weighted by molar-refractivity contribution is 6.33. The minimum Gasteiger partial charge on any atom is -0.267 e. The van der Waals surface area contributed by atoms with E-state index < -0.39 is 27.1 Å². The van der Waals surface area contributed by atoms with Gasteiger partial charge in [0.15, 0.2) is 0 Å². The second-order valence-corrected chi connectivity index (χ2v) is 4.88. The average molecular weight is 349 g/mol. The van der Waals surface area contributed by atoms with E-state index in [0.29, 0.717) is 10.6 Å². The Labute approximate surface area is 139 Å². The average Bonchev–Trinajstić information content (AvgIpc) is 2.56. The predicted molar refractivity (Wildman–Crippen MR) is 86.3 cm³/mol. The third-order valence-corrected chi connectivity index (χ3v) is 3.21. The summed E-state index contributed by atoms with van der Waals surface area (Å²) in [4.78, 5) is 31.9. The molecule has 2 aromatic carbocycles. The summed E-state index contributed by atoms with van der Waals surface area (Å²) in [6.45, 7) is 0. The summed E-state index contributed by atoms with van der Waals surface area (Å²) in [7, 11) is 0. The van der Waals surface area contributed by atoms with Crippen LogP contribution in [0.4, 0.5) is 11.4 Å². The number of hydrazone groups is 1. The Morgan fingerprint density at radius 3 is 2.21 bits per heavy atom. The van der Waals surface area contributed by atoms with Crippen molar-refractivity contribution in [1.82, 2.24) is 5.43 Å². The maximum atomic E-state index is 12.0. The van der Waals surface area contributed by atoms with Gasteiger partial charge in [-0.15, -0.1) is 0 Å². The van der Waals surface area contributed by atoms with Crippen LogP contribution in [0.3, 0.4) is 0 Å². The van der Waals surface area contributed by atoms with E-state index in [1.165, 1.54) is 6.21 Å². The molecule has 122 valence electrons. The lowest BCUT2D eigenvalue weighted by Crippen LogP contribution is -2.18. The van der Waals surface area contributed by atoms with Crippen molar-refractivity contribution < 1.29 is 14.6 Å². The number of nitro groups is 2. The highest BCUT2D eigenvalue weighted by atomic mass is 35.5. The number of rotatable bonds is 5. The Kier molecular flexibility index (Phi) is 5.17. The Hall–Kier alpha value is -3.33. The van der Waals surface area contributed by atoms with Gasteiger partial charge in [0, 0.05) is 22.7 Å². The zero-order valence-electron chi connectivity index (χ0n) is 11.9. The standard InChI is InChI=1S/C14H9ClN4O5/c15-13-4-2-1-3-9(13)8-16-17-14(20)10-5-11(18(21)22)7-12(6-10)19(23)24/h1-8H,(H,17,20)/b16-8+. The van der Waals surface area contributed by atoms with Crippen molar-refractivity contribution >= 4 is 35.1 Å². The van der Waals surface area contributed by atoms with Gasteiger partial charge in [-0.1, -0.05) is 29.8 Å². The van der Waals surface area contributed by atoms with Crippen LogP contribution in [0.25, 0.3) is 0 Å². The van der Waals surface area contributed by atoms with Gasteiger partial charge in [-0.2, -0.15) is 5.10 Å². The van der Waals surface area contributed by atoms with Gasteiger partial charge in [0.2, 0.25) is 0 Å². The molecule has 0 saturated heterocycles. The predicted octanol–water partition coefficient (Wildman–Crippen LogP) is 2.92. The van der Waals surface area contributed by atoms with E-state index in [9.17, 15) is 25.0 Å². The van der Waals surface area contributed by atoms with Gasteiger partial charge in [0.1, 0.15) is 0 Å². The molecule has 1 N–H and O–H groups in total. The minimum atomic E-state index is -0.829. The summed E-state index contributed by atoms with van der Waals surface area (Å²) in [5, 5.41) is 25.7. The largest absolute Gasteiger partial charge is 0.277 e. The van der Waals surface area contributed by atoms with Gasteiger partial charge < -0.3 is 0 Å². The van der Waals surface area contributed by atoms with E-state index in [1.54, 1.807) is 24.3 Å². The van der Waals surface area contributed by atoms with Crippen molar-refractivity contribution in [2.75, 3.05) is 0 Å². The van der Waals surface area contributed by atoms with E-state index >= 15 is 0 Å². The van der Waals surface area contributed by atoms with Crippen molar-refractivity contribution in [3.8, 4) is 0 Å². The Bertz CT molecular complexity index is 821. The molecule has 0 heterocycles. The summed E-state index contributed by atoms with van der Waals surface area (Å²) in [5.74, 6) is -0.829. The van der Waals surface area contributed by atoms with Crippen molar-refractivity contribution in [3.05, 3.63) is 78.8 Å². The fourth-order valence-corrected chi connectivity index (χ4v) is 1.93. The summed E-state index contributed by atoms with van der Waals surface area (Å²) < 4.78 is 0. The normalized spacial score (nSPS) is 10.5. The van der Waals surface area contributed by atoms with Crippen LogP contribution in [0.15, 0.2) is 47.6 Å². The van der Waals surface area contributed by atoms with E-state index in [0.717, 1.165) is 18.2 Å². The number of nitrogens with zero attached hydrogens (tertiary/aromatic N) is 3. The van der Waals surface area contributed by atoms with E-state index in [2.05, 4.69) is 10.5 Å². The first kappa shape index (κ1) is 17.0. The number of carbonyl (C=O) groups is 1. The molecule has 0 saturated carbocycles. The molecule has 0 unspecified atom stereocenters. The lowest BCUT2D eigenvalue weighted by molar-refractivity contribution is -0.394. The SMILES string of the molecule is O=C(N/N=C/c1ccccc1Cl)c1cc([N+](=O)[O-])cc([N+](=O)[O-])c1. The Balaban J connectivity index is 2.22. The summed E-state index contributed by atoms with van der Waals surface area (Å²) in [6.07, 6.45) is 1.28. The second kappa shape index (κ2) is 7.29. The molecule has 9 nitrogen and oxygen atoms in total. The van der Waals surface area contributed by atoms with Crippen LogP contribution in [-0.2, 0) is 0 Å². The molecule has 24 heavy (non-hydrogen) atoms. The highest BCUT2D eigenvalue weighted by Gasteiger charge is 2.19. The van der Waals surface area contributed by atoms with Gasteiger partial charge in [-0.3, -0.25) is 25.0 Å². The molecule has 0 atom stereocenters. The molecule has 0 radical (unpaired) electrons. The van der Waals surface area contributed by atoms with Crippen LogP contribution < -0.4 is 5.43 Å². The first-order valence-electron chi connectivity index (χ1n) is 6.40. The highest BCUT2D eigenvalue weighted by Crippen LogP contribution is 2.22. The maximum absolute atomic E-state index is 12.0. The topological polar surface area (TPSA) is 128 Å². The van der Waals surface area contributed by atoms with Crippen molar-refractivity contribution in [2.45, 2.75) is 0 Å². The quantitative estimate of drug-likeness (QED) is 0.504. The third kappa shape index (κ3) is 4.11. The molecule has 1 amide bonds. The lowest BCUT2D eigenvalue weighted by Gasteiger charge is -2.01. The smallest absolute Gasteiger partial charge is 0.267 e. The van der Waals surface area contributed by atoms with Gasteiger partial charge in [0.05, 0.1) is 27.7 Å². The van der Waals surface area contributed by atoms with E-state index in [4.69, 9.17) is 11.6 Å². The molecule has 0 spiro atoms. The maximum Gasteiger partial charge on any atom is 0.277 e. The third-order valence-electron chi connectivity index (χ3n) is 2.86. The van der Waals surface area contributed by atoms with Gasteiger partial charge in [-0.25, -0.2) is 5.43 Å². The minimum absolute atomic E-state index is 0.257. The molecule has 0 aliphatic heterocycles. The van der Waals surface area contributed by atoms with Gasteiger partial charge in [-0.05, 0) is 6.07 Å². The zero-order valence-corrected chi connectivity index (χ0v) is 12.6. The van der Waals surface area contributed by atoms with Crippen molar-refractivity contribution in [3.63, 3.8) is 0 Å². The molecular weight excluding hydrogens is 340 g/mol. The van der Waals surface area contributed by atoms with Crippen LogP contribution in [-0.4, -0.2) is 22.0 Å². The molecule has 0 aliphatic carbocycles. The Morgan fingerprint density at radius 1 is 1.08 bits per heavy atom. The van der Waals surface area contributed by atoms with Gasteiger partial charge in [0.25, 0.3) is 17.3 Å². The number of nitro benzene ring substituents is 2. The number of benzene rings is 2. The monoisotopic (exact) mass is 348 g/mol. The number of nitrogens with one attached hydrogen (secondary N) is 1. The Morgan fingerprint density at radius 2 is 1.67 bits per heavy atom. The number of hydrogen-bond donors (Lipinski definition) is 1. The molecule has 10 heteroatoms. The van der Waals surface area contributed by atoms with E-state index in [-0.39, 0.29) is 5.56 Å². The lowest BCUT2D eigenvalue weighted by atomic mass is 10.1. The second-order valence-electron chi connectivity index (χ2n) is 4.47. The fourth-order valence-electron chi connectivity index (χ4n) is 1.74. The number of amides is 1. The zero-order chi connectivity index (χ0) is 17.7. The van der Waals surface area contributed by atoms with Crippen LogP contribution in [0.5, 0.6) is 0 Å². The first-order valence-corrected chi connectivity index (χ1v) is 6.78. The molecule has 0 fully saturated rings. The number of carbonyl (C=O) groups excluding carboxylic acids is 1. The van der Waals surface area contributed by atoms with Gasteiger partial charge >= 0.3 is 0 Å². The van der Waals surface area contributed by atoms with Crippen LogP contribution in [0.1, 0.15) is 15.9 Å². The van der Waals surface area contributed by atoms with Crippen LogP contribution in [0, 0.1) is 20.2 Å². The molecule has 0 bridgehead atoms. The number of non-ortho nitro benzene ring substituents is 2.